The lowest BCUT2D eigenvalue weighted by atomic mass is 10.1. The molecular formula is C12H16N2O. The molecule has 2 rings (SSSR count). The average molecular weight is 204 g/mol. The molecule has 0 saturated heterocycles. The number of nitrogens with zero attached hydrogens (tertiary/aromatic N) is 1. The van der Waals surface area contributed by atoms with Crippen LogP contribution < -0.4 is 5.73 Å². The van der Waals surface area contributed by atoms with E-state index in [1.54, 1.807) is 0 Å². The number of rotatable bonds is 2. The number of hydrogen-bond acceptors (Lipinski definition) is 3. The maximum absolute atomic E-state index is 5.81. The molecule has 0 fully saturated rings. The van der Waals surface area contributed by atoms with Crippen molar-refractivity contribution in [1.82, 2.24) is 4.98 Å². The van der Waals surface area contributed by atoms with Gasteiger partial charge in [-0.25, -0.2) is 4.98 Å². The third-order valence-corrected chi connectivity index (χ3v) is 2.45. The molecule has 15 heavy (non-hydrogen) atoms. The maximum Gasteiger partial charge on any atom is 0.198 e. The molecule has 1 unspecified atom stereocenters. The van der Waals surface area contributed by atoms with Crippen molar-refractivity contribution in [3.63, 3.8) is 0 Å². The molecule has 3 heteroatoms. The summed E-state index contributed by atoms with van der Waals surface area (Å²) in [4.78, 5) is 4.43. The van der Waals surface area contributed by atoms with E-state index in [9.17, 15) is 0 Å². The van der Waals surface area contributed by atoms with Gasteiger partial charge in [-0.2, -0.15) is 0 Å². The molecule has 0 spiro atoms. The molecule has 2 aromatic rings. The van der Waals surface area contributed by atoms with E-state index >= 15 is 0 Å². The third-order valence-electron chi connectivity index (χ3n) is 2.45. The Kier molecular flexibility index (Phi) is 2.49. The summed E-state index contributed by atoms with van der Waals surface area (Å²) in [5.41, 5.74) is 8.63. The zero-order valence-electron chi connectivity index (χ0n) is 9.32. The van der Waals surface area contributed by atoms with Crippen molar-refractivity contribution in [1.29, 1.82) is 0 Å². The zero-order chi connectivity index (χ0) is 11.0. The van der Waals surface area contributed by atoms with Crippen LogP contribution in [0.2, 0.25) is 0 Å². The van der Waals surface area contributed by atoms with Gasteiger partial charge in [0, 0.05) is 12.0 Å². The summed E-state index contributed by atoms with van der Waals surface area (Å²) in [5.74, 6) is 1.10. The lowest BCUT2D eigenvalue weighted by molar-refractivity contribution is 0.501. The van der Waals surface area contributed by atoms with Crippen molar-refractivity contribution >= 4 is 11.1 Å². The van der Waals surface area contributed by atoms with Crippen LogP contribution in [0.15, 0.2) is 22.6 Å². The Morgan fingerprint density at radius 2 is 2.00 bits per heavy atom. The molecule has 1 aromatic carbocycles. The highest BCUT2D eigenvalue weighted by Gasteiger charge is 2.10. The summed E-state index contributed by atoms with van der Waals surface area (Å²) in [5, 5.41) is 0. The van der Waals surface area contributed by atoms with Gasteiger partial charge in [0.25, 0.3) is 0 Å². The fourth-order valence-electron chi connectivity index (χ4n) is 1.49. The first-order valence-corrected chi connectivity index (χ1v) is 5.24. The molecule has 1 aromatic heterocycles. The van der Waals surface area contributed by atoms with Gasteiger partial charge in [0.1, 0.15) is 5.52 Å². The van der Waals surface area contributed by atoms with Crippen molar-refractivity contribution < 1.29 is 4.42 Å². The number of benzene rings is 1. The Morgan fingerprint density at radius 3 is 2.60 bits per heavy atom. The van der Waals surface area contributed by atoms with E-state index in [1.807, 2.05) is 25.1 Å². The molecular weight excluding hydrogens is 188 g/mol. The van der Waals surface area contributed by atoms with Crippen molar-refractivity contribution in [3.8, 4) is 0 Å². The van der Waals surface area contributed by atoms with E-state index in [0.717, 1.165) is 22.6 Å². The number of nitrogens with two attached hydrogens (primary N) is 1. The van der Waals surface area contributed by atoms with Gasteiger partial charge < -0.3 is 10.2 Å². The van der Waals surface area contributed by atoms with Gasteiger partial charge in [0.2, 0.25) is 0 Å². The van der Waals surface area contributed by atoms with Crippen LogP contribution in [0.5, 0.6) is 0 Å². The molecule has 0 saturated carbocycles. The second-order valence-electron chi connectivity index (χ2n) is 4.22. The van der Waals surface area contributed by atoms with Gasteiger partial charge in [0.15, 0.2) is 11.5 Å². The van der Waals surface area contributed by atoms with Crippen molar-refractivity contribution in [2.75, 3.05) is 0 Å². The SMILES string of the molecule is CC(C)c1nc2cc(C(C)N)ccc2o1. The third kappa shape index (κ3) is 1.88. The molecule has 0 aliphatic carbocycles. The molecule has 0 aliphatic rings. The summed E-state index contributed by atoms with van der Waals surface area (Å²) in [6.07, 6.45) is 0. The Bertz CT molecular complexity index is 465. The molecule has 2 N–H and O–H groups in total. The Morgan fingerprint density at radius 1 is 1.27 bits per heavy atom. The Labute approximate surface area is 89.3 Å². The summed E-state index contributed by atoms with van der Waals surface area (Å²) in [6, 6.07) is 5.96. The van der Waals surface area contributed by atoms with E-state index in [-0.39, 0.29) is 6.04 Å². The molecule has 0 radical (unpaired) electrons. The molecule has 1 heterocycles. The van der Waals surface area contributed by atoms with Gasteiger partial charge in [-0.3, -0.25) is 0 Å². The number of oxazole rings is 1. The van der Waals surface area contributed by atoms with Crippen molar-refractivity contribution in [2.24, 2.45) is 5.73 Å². The van der Waals surface area contributed by atoms with Crippen LogP contribution in [-0.2, 0) is 0 Å². The van der Waals surface area contributed by atoms with Crippen molar-refractivity contribution in [3.05, 3.63) is 29.7 Å². The van der Waals surface area contributed by atoms with E-state index in [0.29, 0.717) is 5.92 Å². The van der Waals surface area contributed by atoms with Crippen LogP contribution >= 0.6 is 0 Å². The fourth-order valence-corrected chi connectivity index (χ4v) is 1.49. The average Bonchev–Trinajstić information content (AvgIpc) is 2.59. The van der Waals surface area contributed by atoms with E-state index < -0.39 is 0 Å². The monoisotopic (exact) mass is 204 g/mol. The van der Waals surface area contributed by atoms with Crippen LogP contribution in [0, 0.1) is 0 Å². The topological polar surface area (TPSA) is 52.0 Å². The van der Waals surface area contributed by atoms with Crippen LogP contribution in [-0.4, -0.2) is 4.98 Å². The van der Waals surface area contributed by atoms with Crippen LogP contribution in [0.3, 0.4) is 0 Å². The first-order chi connectivity index (χ1) is 7.08. The highest BCUT2D eigenvalue weighted by Crippen LogP contribution is 2.23. The standard InChI is InChI=1S/C12H16N2O/c1-7(2)12-14-10-6-9(8(3)13)4-5-11(10)15-12/h4-8H,13H2,1-3H3. The Hall–Kier alpha value is -1.35. The predicted molar refractivity (Wildman–Crippen MR) is 60.7 cm³/mol. The summed E-state index contributed by atoms with van der Waals surface area (Å²) >= 11 is 0. The predicted octanol–water partition coefficient (Wildman–Crippen LogP) is 2.97. The highest BCUT2D eigenvalue weighted by atomic mass is 16.3. The molecule has 0 bridgehead atoms. The van der Waals surface area contributed by atoms with Gasteiger partial charge in [-0.15, -0.1) is 0 Å². The molecule has 3 nitrogen and oxygen atoms in total. The minimum absolute atomic E-state index is 0.0357. The van der Waals surface area contributed by atoms with E-state index in [1.165, 1.54) is 0 Å². The van der Waals surface area contributed by atoms with Gasteiger partial charge in [-0.05, 0) is 24.6 Å². The largest absolute Gasteiger partial charge is 0.440 e. The second-order valence-corrected chi connectivity index (χ2v) is 4.22. The van der Waals surface area contributed by atoms with Gasteiger partial charge in [0.05, 0.1) is 0 Å². The van der Waals surface area contributed by atoms with Crippen LogP contribution in [0.1, 0.15) is 44.2 Å². The lowest BCUT2D eigenvalue weighted by Crippen LogP contribution is -2.04. The first kappa shape index (κ1) is 10.2. The van der Waals surface area contributed by atoms with E-state index in [2.05, 4.69) is 18.8 Å². The minimum atomic E-state index is 0.0357. The summed E-state index contributed by atoms with van der Waals surface area (Å²) in [6.45, 7) is 6.10. The maximum atomic E-state index is 5.81. The van der Waals surface area contributed by atoms with Gasteiger partial charge >= 0.3 is 0 Å². The number of aromatic nitrogens is 1. The smallest absolute Gasteiger partial charge is 0.198 e. The summed E-state index contributed by atoms with van der Waals surface area (Å²) in [7, 11) is 0. The molecule has 1 atom stereocenters. The van der Waals surface area contributed by atoms with Crippen molar-refractivity contribution in [2.45, 2.75) is 32.7 Å². The fraction of sp³-hybridized carbons (Fsp3) is 0.417. The number of hydrogen-bond donors (Lipinski definition) is 1. The normalized spacial score (nSPS) is 13.7. The molecule has 0 aliphatic heterocycles. The van der Waals surface area contributed by atoms with Crippen LogP contribution in [0.25, 0.3) is 11.1 Å². The van der Waals surface area contributed by atoms with Crippen LogP contribution in [0.4, 0.5) is 0 Å². The highest BCUT2D eigenvalue weighted by molar-refractivity contribution is 5.73. The molecule has 80 valence electrons. The van der Waals surface area contributed by atoms with E-state index in [4.69, 9.17) is 10.2 Å². The quantitative estimate of drug-likeness (QED) is 0.818. The number of fused-ring (bicyclic) bond motifs is 1. The second kappa shape index (κ2) is 3.66. The molecule has 0 amide bonds. The first-order valence-electron chi connectivity index (χ1n) is 5.24. The summed E-state index contributed by atoms with van der Waals surface area (Å²) < 4.78 is 5.61. The van der Waals surface area contributed by atoms with Gasteiger partial charge in [-0.1, -0.05) is 19.9 Å². The zero-order valence-corrected chi connectivity index (χ0v) is 9.32. The Balaban J connectivity index is 2.52. The minimum Gasteiger partial charge on any atom is -0.440 e. The lowest BCUT2D eigenvalue weighted by Gasteiger charge is -2.03.